The summed E-state index contributed by atoms with van der Waals surface area (Å²) in [6.45, 7) is 5.43. The van der Waals surface area contributed by atoms with Gasteiger partial charge in [0.1, 0.15) is 0 Å². The Morgan fingerprint density at radius 2 is 2.19 bits per heavy atom. The third-order valence-corrected chi connectivity index (χ3v) is 3.76. The molecule has 2 N–H and O–H groups in total. The first-order valence-electron chi connectivity index (χ1n) is 6.06. The second-order valence-corrected chi connectivity index (χ2v) is 4.86. The molecule has 2 heterocycles. The lowest BCUT2D eigenvalue weighted by Gasteiger charge is -2.16. The van der Waals surface area contributed by atoms with Gasteiger partial charge in [0, 0.05) is 23.7 Å². The molecule has 0 spiro atoms. The summed E-state index contributed by atoms with van der Waals surface area (Å²) in [7, 11) is 0. The van der Waals surface area contributed by atoms with E-state index in [4.69, 9.17) is 5.73 Å². The highest BCUT2D eigenvalue weighted by Crippen LogP contribution is 2.34. The highest BCUT2D eigenvalue weighted by atomic mass is 15.0. The Hall–Kier alpha value is -1.28. The molecule has 2 nitrogen and oxygen atoms in total. The van der Waals surface area contributed by atoms with Crippen LogP contribution in [0.25, 0.3) is 10.9 Å². The molecular formula is C14H18N2. The zero-order chi connectivity index (χ0) is 11.3. The van der Waals surface area contributed by atoms with Crippen molar-refractivity contribution < 1.29 is 0 Å². The van der Waals surface area contributed by atoms with E-state index in [0.29, 0.717) is 0 Å². The number of nitrogens with zero attached hydrogens (tertiary/aromatic N) is 1. The zero-order valence-electron chi connectivity index (χ0n) is 9.96. The van der Waals surface area contributed by atoms with Gasteiger partial charge in [-0.3, -0.25) is 0 Å². The van der Waals surface area contributed by atoms with Crippen LogP contribution in [0.2, 0.25) is 0 Å². The molecule has 1 unspecified atom stereocenters. The molecule has 3 rings (SSSR count). The number of benzene rings is 1. The summed E-state index contributed by atoms with van der Waals surface area (Å²) in [5, 5.41) is 1.37. The second-order valence-electron chi connectivity index (χ2n) is 4.86. The van der Waals surface area contributed by atoms with Crippen LogP contribution < -0.4 is 5.73 Å². The molecule has 1 atom stereocenters. The molecule has 1 aliphatic heterocycles. The van der Waals surface area contributed by atoms with Gasteiger partial charge in [0.25, 0.3) is 0 Å². The first-order chi connectivity index (χ1) is 7.70. The highest BCUT2D eigenvalue weighted by molar-refractivity contribution is 5.89. The predicted molar refractivity (Wildman–Crippen MR) is 67.6 cm³/mol. The molecule has 0 saturated heterocycles. The fourth-order valence-corrected chi connectivity index (χ4v) is 3.12. The Balaban J connectivity index is 2.46. The minimum atomic E-state index is 0.122. The minimum Gasteiger partial charge on any atom is -0.344 e. The van der Waals surface area contributed by atoms with Gasteiger partial charge in [-0.25, -0.2) is 0 Å². The van der Waals surface area contributed by atoms with E-state index in [-0.39, 0.29) is 6.04 Å². The van der Waals surface area contributed by atoms with Crippen molar-refractivity contribution >= 4 is 10.9 Å². The third-order valence-electron chi connectivity index (χ3n) is 3.76. The molecule has 0 saturated carbocycles. The number of rotatable bonds is 1. The Morgan fingerprint density at radius 3 is 2.94 bits per heavy atom. The molecule has 2 heteroatoms. The Morgan fingerprint density at radius 1 is 1.38 bits per heavy atom. The van der Waals surface area contributed by atoms with Crippen molar-refractivity contribution in [1.82, 2.24) is 4.57 Å². The summed E-state index contributed by atoms with van der Waals surface area (Å²) in [5.41, 5.74) is 11.7. The normalized spacial score (nSPS) is 16.7. The summed E-state index contributed by atoms with van der Waals surface area (Å²) in [6, 6.07) is 6.75. The van der Waals surface area contributed by atoms with Crippen LogP contribution in [-0.2, 0) is 13.0 Å². The summed E-state index contributed by atoms with van der Waals surface area (Å²) in [4.78, 5) is 0. The Kier molecular flexibility index (Phi) is 2.08. The maximum absolute atomic E-state index is 6.11. The molecule has 0 amide bonds. The quantitative estimate of drug-likeness (QED) is 0.777. The van der Waals surface area contributed by atoms with Gasteiger partial charge in [-0.2, -0.15) is 0 Å². The number of aryl methyl sites for hydroxylation is 2. The summed E-state index contributed by atoms with van der Waals surface area (Å²) >= 11 is 0. The fraction of sp³-hybridized carbons (Fsp3) is 0.429. The largest absolute Gasteiger partial charge is 0.344 e. The Labute approximate surface area is 96.1 Å². The maximum atomic E-state index is 6.11. The average Bonchev–Trinajstić information content (AvgIpc) is 2.55. The molecule has 0 fully saturated rings. The topological polar surface area (TPSA) is 30.9 Å². The van der Waals surface area contributed by atoms with Crippen molar-refractivity contribution in [2.24, 2.45) is 5.73 Å². The summed E-state index contributed by atoms with van der Waals surface area (Å²) in [5.74, 6) is 0. The van der Waals surface area contributed by atoms with E-state index >= 15 is 0 Å². The summed E-state index contributed by atoms with van der Waals surface area (Å²) in [6.07, 6.45) is 2.46. The van der Waals surface area contributed by atoms with Crippen LogP contribution in [0.15, 0.2) is 18.2 Å². The average molecular weight is 214 g/mol. The summed E-state index contributed by atoms with van der Waals surface area (Å²) < 4.78 is 2.45. The molecule has 1 aliphatic rings. The number of para-hydroxylation sites is 1. The van der Waals surface area contributed by atoms with E-state index < -0.39 is 0 Å². The van der Waals surface area contributed by atoms with Crippen molar-refractivity contribution in [3.63, 3.8) is 0 Å². The van der Waals surface area contributed by atoms with Crippen LogP contribution in [0.5, 0.6) is 0 Å². The van der Waals surface area contributed by atoms with Gasteiger partial charge in [0.05, 0.1) is 5.52 Å². The molecule has 0 bridgehead atoms. The SMILES string of the molecule is Cc1c(C(C)N)c2cccc3c2n1CCC3. The molecule has 1 aromatic heterocycles. The number of aromatic nitrogens is 1. The monoisotopic (exact) mass is 214 g/mol. The van der Waals surface area contributed by atoms with E-state index in [1.807, 2.05) is 0 Å². The van der Waals surface area contributed by atoms with Crippen LogP contribution in [0.4, 0.5) is 0 Å². The van der Waals surface area contributed by atoms with Gasteiger partial charge < -0.3 is 10.3 Å². The molecule has 1 aromatic carbocycles. The molecule has 84 valence electrons. The predicted octanol–water partition coefficient (Wildman–Crippen LogP) is 2.92. The minimum absolute atomic E-state index is 0.122. The van der Waals surface area contributed by atoms with Crippen LogP contribution in [0.3, 0.4) is 0 Å². The Bertz CT molecular complexity index is 549. The van der Waals surface area contributed by atoms with Crippen molar-refractivity contribution in [2.45, 2.75) is 39.3 Å². The van der Waals surface area contributed by atoms with E-state index in [1.54, 1.807) is 0 Å². The van der Waals surface area contributed by atoms with E-state index in [2.05, 4.69) is 36.6 Å². The fourth-order valence-electron chi connectivity index (χ4n) is 3.12. The van der Waals surface area contributed by atoms with E-state index in [1.165, 1.54) is 40.6 Å². The molecule has 0 aliphatic carbocycles. The standard InChI is InChI=1S/C14H18N2/c1-9(15)13-10(2)16-8-4-6-11-5-3-7-12(13)14(11)16/h3,5,7,9H,4,6,8,15H2,1-2H3. The smallest absolute Gasteiger partial charge is 0.0518 e. The van der Waals surface area contributed by atoms with Crippen LogP contribution in [0, 0.1) is 6.92 Å². The van der Waals surface area contributed by atoms with Crippen molar-refractivity contribution in [3.8, 4) is 0 Å². The lowest BCUT2D eigenvalue weighted by atomic mass is 10.0. The van der Waals surface area contributed by atoms with Crippen LogP contribution >= 0.6 is 0 Å². The zero-order valence-corrected chi connectivity index (χ0v) is 9.96. The maximum Gasteiger partial charge on any atom is 0.0518 e. The van der Waals surface area contributed by atoms with Crippen LogP contribution in [-0.4, -0.2) is 4.57 Å². The van der Waals surface area contributed by atoms with Gasteiger partial charge in [-0.05, 0) is 37.8 Å². The van der Waals surface area contributed by atoms with Gasteiger partial charge in [-0.1, -0.05) is 18.2 Å². The first-order valence-corrected chi connectivity index (χ1v) is 6.06. The third kappa shape index (κ3) is 1.17. The van der Waals surface area contributed by atoms with Gasteiger partial charge >= 0.3 is 0 Å². The van der Waals surface area contributed by atoms with Crippen molar-refractivity contribution in [2.75, 3.05) is 0 Å². The van der Waals surface area contributed by atoms with E-state index in [9.17, 15) is 0 Å². The van der Waals surface area contributed by atoms with Crippen molar-refractivity contribution in [3.05, 3.63) is 35.0 Å². The number of hydrogen-bond donors (Lipinski definition) is 1. The van der Waals surface area contributed by atoms with E-state index in [0.717, 1.165) is 6.54 Å². The number of hydrogen-bond acceptors (Lipinski definition) is 1. The van der Waals surface area contributed by atoms with Gasteiger partial charge in [0.2, 0.25) is 0 Å². The van der Waals surface area contributed by atoms with Crippen molar-refractivity contribution in [1.29, 1.82) is 0 Å². The second kappa shape index (κ2) is 3.36. The first kappa shape index (κ1) is 9.91. The van der Waals surface area contributed by atoms with Gasteiger partial charge in [-0.15, -0.1) is 0 Å². The molecule has 16 heavy (non-hydrogen) atoms. The molecule has 2 aromatic rings. The lowest BCUT2D eigenvalue weighted by molar-refractivity contribution is 0.618. The molecular weight excluding hydrogens is 196 g/mol. The lowest BCUT2D eigenvalue weighted by Crippen LogP contribution is -2.10. The van der Waals surface area contributed by atoms with Crippen LogP contribution in [0.1, 0.15) is 36.2 Å². The van der Waals surface area contributed by atoms with Gasteiger partial charge in [0.15, 0.2) is 0 Å². The number of nitrogens with two attached hydrogens (primary N) is 1. The highest BCUT2D eigenvalue weighted by Gasteiger charge is 2.20. The molecule has 0 radical (unpaired) electrons.